The predicted molar refractivity (Wildman–Crippen MR) is 82.9 cm³/mol. The Bertz CT molecular complexity index is 996. The number of rotatable bonds is 3. The minimum absolute atomic E-state index is 0.109. The van der Waals surface area contributed by atoms with Crippen LogP contribution in [0.4, 0.5) is 13.2 Å². The van der Waals surface area contributed by atoms with Crippen LogP contribution in [0.3, 0.4) is 0 Å². The first-order valence-electron chi connectivity index (χ1n) is 7.17. The van der Waals surface area contributed by atoms with Crippen molar-refractivity contribution in [3.8, 4) is 0 Å². The highest BCUT2D eigenvalue weighted by Crippen LogP contribution is 2.29. The number of alkyl halides is 3. The standard InChI is InChI=1S/C17H11F3N2O3/c18-17(19,20)11-5-3-4-10(8-11)9-25-16(24)14-12-6-1-2-7-13(12)15(23)22-21-14/h1-8H,9H2,(H,22,23). The van der Waals surface area contributed by atoms with Crippen LogP contribution >= 0.6 is 0 Å². The van der Waals surface area contributed by atoms with Crippen LogP contribution in [0.2, 0.25) is 0 Å². The Balaban J connectivity index is 1.83. The van der Waals surface area contributed by atoms with Crippen molar-refractivity contribution in [3.05, 3.63) is 75.7 Å². The average Bonchev–Trinajstić information content (AvgIpc) is 2.60. The van der Waals surface area contributed by atoms with Gasteiger partial charge in [0.05, 0.1) is 10.9 Å². The van der Waals surface area contributed by atoms with E-state index >= 15 is 0 Å². The summed E-state index contributed by atoms with van der Waals surface area (Å²) in [4.78, 5) is 23.9. The van der Waals surface area contributed by atoms with Crippen LogP contribution in [-0.4, -0.2) is 16.2 Å². The summed E-state index contributed by atoms with van der Waals surface area (Å²) in [6.45, 7) is -0.349. The summed E-state index contributed by atoms with van der Waals surface area (Å²) in [5, 5.41) is 6.45. The number of nitrogens with one attached hydrogen (secondary N) is 1. The van der Waals surface area contributed by atoms with E-state index in [2.05, 4.69) is 10.2 Å². The summed E-state index contributed by atoms with van der Waals surface area (Å²) in [6, 6.07) is 10.8. The second-order valence-corrected chi connectivity index (χ2v) is 5.22. The number of hydrogen-bond donors (Lipinski definition) is 1. The minimum Gasteiger partial charge on any atom is -0.456 e. The summed E-state index contributed by atoms with van der Waals surface area (Å²) in [5.41, 5.74) is -1.20. The van der Waals surface area contributed by atoms with Crippen LogP contribution in [0.5, 0.6) is 0 Å². The third-order valence-corrected chi connectivity index (χ3v) is 3.51. The molecule has 3 aromatic rings. The van der Waals surface area contributed by atoms with Crippen molar-refractivity contribution in [1.82, 2.24) is 10.2 Å². The third kappa shape index (κ3) is 3.52. The zero-order chi connectivity index (χ0) is 18.0. The zero-order valence-electron chi connectivity index (χ0n) is 12.6. The second-order valence-electron chi connectivity index (χ2n) is 5.22. The molecular formula is C17H11F3N2O3. The van der Waals surface area contributed by atoms with Crippen molar-refractivity contribution >= 4 is 16.7 Å². The van der Waals surface area contributed by atoms with Crippen molar-refractivity contribution in [1.29, 1.82) is 0 Å². The fraction of sp³-hybridized carbons (Fsp3) is 0.118. The van der Waals surface area contributed by atoms with Crippen LogP contribution in [0.1, 0.15) is 21.6 Å². The molecule has 0 bridgehead atoms. The van der Waals surface area contributed by atoms with Crippen LogP contribution < -0.4 is 5.56 Å². The molecule has 5 nitrogen and oxygen atoms in total. The highest BCUT2D eigenvalue weighted by molar-refractivity contribution is 6.01. The first kappa shape index (κ1) is 16.7. The van der Waals surface area contributed by atoms with Gasteiger partial charge < -0.3 is 4.74 Å². The Hall–Kier alpha value is -3.16. The van der Waals surface area contributed by atoms with Crippen molar-refractivity contribution in [2.45, 2.75) is 12.8 Å². The number of carbonyl (C=O) groups excluding carboxylic acids is 1. The van der Waals surface area contributed by atoms with Gasteiger partial charge in [0.1, 0.15) is 6.61 Å². The molecule has 1 N–H and O–H groups in total. The number of aromatic amines is 1. The molecule has 0 fully saturated rings. The largest absolute Gasteiger partial charge is 0.456 e. The third-order valence-electron chi connectivity index (χ3n) is 3.51. The predicted octanol–water partition coefficient (Wildman–Crippen LogP) is 3.30. The maximum Gasteiger partial charge on any atom is 0.416 e. The number of hydrogen-bond acceptors (Lipinski definition) is 4. The van der Waals surface area contributed by atoms with Gasteiger partial charge in [-0.25, -0.2) is 9.89 Å². The van der Waals surface area contributed by atoms with Gasteiger partial charge in [0, 0.05) is 5.39 Å². The topological polar surface area (TPSA) is 72.0 Å². The molecule has 128 valence electrons. The highest BCUT2D eigenvalue weighted by atomic mass is 19.4. The maximum absolute atomic E-state index is 12.7. The zero-order valence-corrected chi connectivity index (χ0v) is 12.6. The van der Waals surface area contributed by atoms with Gasteiger partial charge in [0.25, 0.3) is 5.56 Å². The minimum atomic E-state index is -4.48. The molecule has 0 amide bonds. The first-order chi connectivity index (χ1) is 11.9. The smallest absolute Gasteiger partial charge is 0.416 e. The van der Waals surface area contributed by atoms with E-state index in [1.54, 1.807) is 18.2 Å². The number of aromatic nitrogens is 2. The van der Waals surface area contributed by atoms with E-state index in [0.717, 1.165) is 12.1 Å². The molecule has 0 saturated heterocycles. The molecule has 2 aromatic carbocycles. The summed E-state index contributed by atoms with van der Waals surface area (Å²) < 4.78 is 43.1. The van der Waals surface area contributed by atoms with E-state index in [0.29, 0.717) is 5.39 Å². The van der Waals surface area contributed by atoms with E-state index in [-0.39, 0.29) is 23.3 Å². The van der Waals surface area contributed by atoms with Crippen molar-refractivity contribution in [2.24, 2.45) is 0 Å². The molecule has 0 radical (unpaired) electrons. The monoisotopic (exact) mass is 348 g/mol. The SMILES string of the molecule is O=C(OCc1cccc(C(F)(F)F)c1)c1n[nH]c(=O)c2ccccc12. The second kappa shape index (κ2) is 6.39. The molecule has 0 aliphatic heterocycles. The Morgan fingerprint density at radius 3 is 2.52 bits per heavy atom. The molecule has 25 heavy (non-hydrogen) atoms. The fourth-order valence-corrected chi connectivity index (χ4v) is 2.33. The molecule has 0 spiro atoms. The normalized spacial score (nSPS) is 11.5. The summed E-state index contributed by atoms with van der Waals surface area (Å²) >= 11 is 0. The number of esters is 1. The van der Waals surface area contributed by atoms with E-state index in [9.17, 15) is 22.8 Å². The number of carbonyl (C=O) groups is 1. The van der Waals surface area contributed by atoms with Gasteiger partial charge in [-0.15, -0.1) is 0 Å². The van der Waals surface area contributed by atoms with Crippen LogP contribution in [-0.2, 0) is 17.5 Å². The number of halogens is 3. The van der Waals surface area contributed by atoms with Crippen molar-refractivity contribution < 1.29 is 22.7 Å². The van der Waals surface area contributed by atoms with Gasteiger partial charge in [-0.1, -0.05) is 30.3 Å². The number of benzene rings is 2. The molecule has 0 atom stereocenters. The summed E-state index contributed by atoms with van der Waals surface area (Å²) in [5.74, 6) is -0.843. The van der Waals surface area contributed by atoms with Crippen LogP contribution in [0, 0.1) is 0 Å². The summed E-state index contributed by atoms with van der Waals surface area (Å²) in [7, 11) is 0. The van der Waals surface area contributed by atoms with Crippen LogP contribution in [0.15, 0.2) is 53.3 Å². The lowest BCUT2D eigenvalue weighted by Gasteiger charge is -2.09. The Kier molecular flexibility index (Phi) is 4.26. The molecule has 0 aliphatic carbocycles. The molecule has 1 heterocycles. The molecule has 3 rings (SSSR count). The molecule has 0 saturated carbocycles. The van der Waals surface area contributed by atoms with E-state index in [1.165, 1.54) is 18.2 Å². The fourth-order valence-electron chi connectivity index (χ4n) is 2.33. The van der Waals surface area contributed by atoms with Gasteiger partial charge in [-0.2, -0.15) is 18.3 Å². The molecular weight excluding hydrogens is 337 g/mol. The lowest BCUT2D eigenvalue weighted by Crippen LogP contribution is -2.16. The Morgan fingerprint density at radius 1 is 1.08 bits per heavy atom. The van der Waals surface area contributed by atoms with E-state index in [4.69, 9.17) is 4.74 Å². The number of H-pyrrole nitrogens is 1. The van der Waals surface area contributed by atoms with Crippen LogP contribution in [0.25, 0.3) is 10.8 Å². The van der Waals surface area contributed by atoms with Gasteiger partial charge in [-0.3, -0.25) is 4.79 Å². The first-order valence-corrected chi connectivity index (χ1v) is 7.17. The van der Waals surface area contributed by atoms with Gasteiger partial charge in [0.15, 0.2) is 5.69 Å². The Morgan fingerprint density at radius 2 is 1.80 bits per heavy atom. The molecule has 0 aliphatic rings. The number of nitrogens with zero attached hydrogens (tertiary/aromatic N) is 1. The molecule has 8 heteroatoms. The molecule has 1 aromatic heterocycles. The van der Waals surface area contributed by atoms with Crippen molar-refractivity contribution in [2.75, 3.05) is 0 Å². The molecule has 0 unspecified atom stereocenters. The van der Waals surface area contributed by atoms with Gasteiger partial charge >= 0.3 is 12.1 Å². The van der Waals surface area contributed by atoms with E-state index in [1.807, 2.05) is 0 Å². The average molecular weight is 348 g/mol. The Labute approximate surface area is 139 Å². The summed E-state index contributed by atoms with van der Waals surface area (Å²) in [6.07, 6.45) is -4.48. The maximum atomic E-state index is 12.7. The van der Waals surface area contributed by atoms with Gasteiger partial charge in [-0.05, 0) is 23.8 Å². The van der Waals surface area contributed by atoms with Crippen molar-refractivity contribution in [3.63, 3.8) is 0 Å². The number of fused-ring (bicyclic) bond motifs is 1. The quantitative estimate of drug-likeness (QED) is 0.737. The van der Waals surface area contributed by atoms with Gasteiger partial charge in [0.2, 0.25) is 0 Å². The number of ether oxygens (including phenoxy) is 1. The van der Waals surface area contributed by atoms with E-state index < -0.39 is 23.3 Å². The lowest BCUT2D eigenvalue weighted by atomic mass is 10.1. The highest BCUT2D eigenvalue weighted by Gasteiger charge is 2.30. The lowest BCUT2D eigenvalue weighted by molar-refractivity contribution is -0.137.